The number of carbonyl (C=O) groups is 1. The Bertz CT molecular complexity index is 992. The molecule has 174 valence electrons. The van der Waals surface area contributed by atoms with Crippen molar-refractivity contribution < 1.29 is 19.0 Å². The molecule has 0 spiro atoms. The summed E-state index contributed by atoms with van der Waals surface area (Å²) in [7, 11) is 1.58. The molecule has 33 heavy (non-hydrogen) atoms. The number of ether oxygens (including phenoxy) is 3. The lowest BCUT2D eigenvalue weighted by atomic mass is 10.2. The Balaban J connectivity index is 1.52. The molecule has 1 amide bonds. The zero-order chi connectivity index (χ0) is 22.9. The largest absolute Gasteiger partial charge is 0.491 e. The van der Waals surface area contributed by atoms with Crippen LogP contribution in [0.3, 0.4) is 0 Å². The van der Waals surface area contributed by atoms with Gasteiger partial charge in [-0.2, -0.15) is 0 Å². The van der Waals surface area contributed by atoms with Crippen LogP contribution in [0.4, 0.5) is 5.69 Å². The SMILES string of the molecule is COc1c(/N=C(/NC(=O)c2cccnc2)N2C=NCC2)cccc1OCCN1CCOCC1. The van der Waals surface area contributed by atoms with Crippen LogP contribution in [0.5, 0.6) is 11.5 Å². The van der Waals surface area contributed by atoms with Gasteiger partial charge in [-0.25, -0.2) is 4.99 Å². The molecule has 2 aliphatic rings. The number of hydrogen-bond acceptors (Lipinski definition) is 8. The van der Waals surface area contributed by atoms with Gasteiger partial charge in [0.2, 0.25) is 5.96 Å². The summed E-state index contributed by atoms with van der Waals surface area (Å²) >= 11 is 0. The number of hydrogen-bond donors (Lipinski definition) is 1. The van der Waals surface area contributed by atoms with Crippen molar-refractivity contribution in [1.29, 1.82) is 0 Å². The second-order valence-corrected chi connectivity index (χ2v) is 7.46. The highest BCUT2D eigenvalue weighted by atomic mass is 16.5. The van der Waals surface area contributed by atoms with Gasteiger partial charge in [0.1, 0.15) is 12.3 Å². The van der Waals surface area contributed by atoms with Crippen LogP contribution < -0.4 is 14.8 Å². The third kappa shape index (κ3) is 6.05. The molecule has 3 heterocycles. The average Bonchev–Trinajstić information content (AvgIpc) is 3.40. The van der Waals surface area contributed by atoms with Gasteiger partial charge in [0.25, 0.3) is 5.91 Å². The van der Waals surface area contributed by atoms with E-state index in [-0.39, 0.29) is 5.91 Å². The minimum atomic E-state index is -0.306. The summed E-state index contributed by atoms with van der Waals surface area (Å²) in [5.74, 6) is 1.15. The molecule has 10 heteroatoms. The number of aliphatic imine (C=N–C) groups is 2. The van der Waals surface area contributed by atoms with E-state index in [0.717, 1.165) is 32.8 Å². The lowest BCUT2D eigenvalue weighted by Gasteiger charge is -2.26. The molecule has 1 fully saturated rings. The van der Waals surface area contributed by atoms with Crippen molar-refractivity contribution in [1.82, 2.24) is 20.1 Å². The van der Waals surface area contributed by atoms with E-state index in [0.29, 0.717) is 48.4 Å². The lowest BCUT2D eigenvalue weighted by Crippen LogP contribution is -2.42. The van der Waals surface area contributed by atoms with E-state index in [2.05, 4.69) is 20.2 Å². The standard InChI is InChI=1S/C23H28N6O4/c1-31-21-19(5-2-6-20(21)33-15-12-28-10-13-32-14-11-28)26-23(29-9-8-25-17-29)27-22(30)18-4-3-7-24-16-18/h2-7,16-17H,8-15H2,1H3,(H,26,27,30). The van der Waals surface area contributed by atoms with Crippen molar-refractivity contribution in [2.75, 3.05) is 59.7 Å². The van der Waals surface area contributed by atoms with Gasteiger partial charge in [0, 0.05) is 38.6 Å². The summed E-state index contributed by atoms with van der Waals surface area (Å²) in [5, 5.41) is 2.87. The van der Waals surface area contributed by atoms with E-state index in [1.54, 1.807) is 36.7 Å². The summed E-state index contributed by atoms with van der Waals surface area (Å²) in [4.78, 5) is 29.8. The van der Waals surface area contributed by atoms with E-state index in [4.69, 9.17) is 19.2 Å². The first-order valence-electron chi connectivity index (χ1n) is 10.9. The molecular formula is C23H28N6O4. The highest BCUT2D eigenvalue weighted by Gasteiger charge is 2.19. The Hall–Kier alpha value is -3.50. The molecule has 0 aliphatic carbocycles. The number of aromatic nitrogens is 1. The molecule has 0 unspecified atom stereocenters. The zero-order valence-corrected chi connectivity index (χ0v) is 18.6. The molecule has 10 nitrogen and oxygen atoms in total. The molecule has 0 radical (unpaired) electrons. The van der Waals surface area contributed by atoms with Crippen LogP contribution in [0.15, 0.2) is 52.7 Å². The number of nitrogens with one attached hydrogen (secondary N) is 1. The Morgan fingerprint density at radius 3 is 2.82 bits per heavy atom. The number of benzene rings is 1. The topological polar surface area (TPSA) is 101 Å². The molecule has 4 rings (SSSR count). The maximum atomic E-state index is 12.7. The minimum Gasteiger partial charge on any atom is -0.491 e. The molecular weight excluding hydrogens is 424 g/mol. The number of rotatable bonds is 7. The quantitative estimate of drug-likeness (QED) is 0.503. The van der Waals surface area contributed by atoms with Crippen molar-refractivity contribution >= 4 is 23.9 Å². The first-order valence-corrected chi connectivity index (χ1v) is 10.9. The van der Waals surface area contributed by atoms with Gasteiger partial charge in [-0.15, -0.1) is 0 Å². The van der Waals surface area contributed by atoms with E-state index >= 15 is 0 Å². The second-order valence-electron chi connectivity index (χ2n) is 7.46. The normalized spacial score (nSPS) is 16.6. The van der Waals surface area contributed by atoms with Gasteiger partial charge < -0.3 is 19.1 Å². The van der Waals surface area contributed by atoms with Crippen LogP contribution >= 0.6 is 0 Å². The number of para-hydroxylation sites is 1. The minimum absolute atomic E-state index is 0.306. The predicted octanol–water partition coefficient (Wildman–Crippen LogP) is 1.56. The lowest BCUT2D eigenvalue weighted by molar-refractivity contribution is 0.0321. The van der Waals surface area contributed by atoms with Crippen molar-refractivity contribution in [3.63, 3.8) is 0 Å². The molecule has 2 aliphatic heterocycles. The predicted molar refractivity (Wildman–Crippen MR) is 125 cm³/mol. The second kappa shape index (κ2) is 11.4. The molecule has 0 bridgehead atoms. The van der Waals surface area contributed by atoms with Gasteiger partial charge in [0.05, 0.1) is 38.8 Å². The number of amides is 1. The van der Waals surface area contributed by atoms with Gasteiger partial charge in [-0.1, -0.05) is 6.07 Å². The first kappa shape index (κ1) is 22.7. The fourth-order valence-electron chi connectivity index (χ4n) is 3.51. The Morgan fingerprint density at radius 1 is 1.21 bits per heavy atom. The summed E-state index contributed by atoms with van der Waals surface area (Å²) < 4.78 is 17.0. The van der Waals surface area contributed by atoms with Crippen LogP contribution in [0.1, 0.15) is 10.4 Å². The third-order valence-electron chi connectivity index (χ3n) is 5.27. The van der Waals surface area contributed by atoms with Crippen LogP contribution in [0.2, 0.25) is 0 Å². The molecule has 1 aromatic heterocycles. The van der Waals surface area contributed by atoms with Crippen LogP contribution in [0, 0.1) is 0 Å². The van der Waals surface area contributed by atoms with E-state index in [1.807, 2.05) is 18.2 Å². The van der Waals surface area contributed by atoms with E-state index in [1.165, 1.54) is 6.20 Å². The highest BCUT2D eigenvalue weighted by molar-refractivity contribution is 6.08. The molecule has 1 saturated heterocycles. The first-order chi connectivity index (χ1) is 16.2. The third-order valence-corrected chi connectivity index (χ3v) is 5.27. The zero-order valence-electron chi connectivity index (χ0n) is 18.6. The average molecular weight is 453 g/mol. The van der Waals surface area contributed by atoms with E-state index in [9.17, 15) is 4.79 Å². The van der Waals surface area contributed by atoms with Crippen molar-refractivity contribution in [2.45, 2.75) is 0 Å². The Labute approximate surface area is 192 Å². The number of morpholine rings is 1. The fraction of sp³-hybridized carbons (Fsp3) is 0.391. The molecule has 1 N–H and O–H groups in total. The van der Waals surface area contributed by atoms with Crippen LogP contribution in [-0.4, -0.2) is 92.6 Å². The Kier molecular flexibility index (Phi) is 7.83. The number of nitrogens with zero attached hydrogens (tertiary/aromatic N) is 5. The van der Waals surface area contributed by atoms with Gasteiger partial charge in [0.15, 0.2) is 11.5 Å². The number of guanidine groups is 1. The molecule has 0 saturated carbocycles. The maximum Gasteiger partial charge on any atom is 0.259 e. The van der Waals surface area contributed by atoms with Crippen molar-refractivity contribution in [2.24, 2.45) is 9.98 Å². The van der Waals surface area contributed by atoms with Crippen molar-refractivity contribution in [3.8, 4) is 11.5 Å². The highest BCUT2D eigenvalue weighted by Crippen LogP contribution is 2.37. The molecule has 0 atom stereocenters. The summed E-state index contributed by atoms with van der Waals surface area (Å²) in [5.41, 5.74) is 0.983. The molecule has 1 aromatic carbocycles. The van der Waals surface area contributed by atoms with Crippen molar-refractivity contribution in [3.05, 3.63) is 48.3 Å². The van der Waals surface area contributed by atoms with Gasteiger partial charge >= 0.3 is 0 Å². The smallest absolute Gasteiger partial charge is 0.259 e. The Morgan fingerprint density at radius 2 is 2.09 bits per heavy atom. The number of methoxy groups -OCH3 is 1. The maximum absolute atomic E-state index is 12.7. The van der Waals surface area contributed by atoms with Gasteiger partial charge in [-0.05, 0) is 24.3 Å². The van der Waals surface area contributed by atoms with E-state index < -0.39 is 0 Å². The summed E-state index contributed by atoms with van der Waals surface area (Å²) in [6.45, 7) is 5.88. The molecule has 2 aromatic rings. The monoisotopic (exact) mass is 452 g/mol. The van der Waals surface area contributed by atoms with Crippen LogP contribution in [-0.2, 0) is 4.74 Å². The summed E-state index contributed by atoms with van der Waals surface area (Å²) in [6, 6.07) is 8.93. The number of pyridine rings is 1. The van der Waals surface area contributed by atoms with Crippen LogP contribution in [0.25, 0.3) is 0 Å². The number of carbonyl (C=O) groups excluding carboxylic acids is 1. The summed E-state index contributed by atoms with van der Waals surface area (Å²) in [6.07, 6.45) is 4.79. The van der Waals surface area contributed by atoms with Gasteiger partial charge in [-0.3, -0.25) is 25.0 Å². The fourth-order valence-corrected chi connectivity index (χ4v) is 3.51.